The van der Waals surface area contributed by atoms with Gasteiger partial charge in [0, 0.05) is 47.0 Å². The van der Waals surface area contributed by atoms with Gasteiger partial charge in [-0.25, -0.2) is 14.6 Å². The van der Waals surface area contributed by atoms with Crippen LogP contribution in [0.2, 0.25) is 0 Å². The Morgan fingerprint density at radius 3 is 2.19 bits per heavy atom. The zero-order valence-electron chi connectivity index (χ0n) is 33.8. The number of amides is 3. The van der Waals surface area contributed by atoms with E-state index in [9.17, 15) is 28.8 Å². The van der Waals surface area contributed by atoms with Crippen LogP contribution in [0.1, 0.15) is 89.9 Å². The third-order valence-corrected chi connectivity index (χ3v) is 8.93. The number of amidine groups is 1. The van der Waals surface area contributed by atoms with Gasteiger partial charge in [0.1, 0.15) is 36.5 Å². The van der Waals surface area contributed by atoms with Gasteiger partial charge in [0.05, 0.1) is 13.0 Å². The van der Waals surface area contributed by atoms with Crippen molar-refractivity contribution in [3.63, 3.8) is 0 Å². The van der Waals surface area contributed by atoms with E-state index in [0.29, 0.717) is 29.5 Å². The van der Waals surface area contributed by atoms with E-state index >= 15 is 0 Å². The third-order valence-electron chi connectivity index (χ3n) is 8.93. The molecule has 1 aliphatic rings. The number of anilines is 1. The molecule has 1 aliphatic carbocycles. The van der Waals surface area contributed by atoms with Gasteiger partial charge in [0.2, 0.25) is 6.29 Å². The zero-order valence-corrected chi connectivity index (χ0v) is 33.8. The first kappa shape index (κ1) is 45.1. The van der Waals surface area contributed by atoms with Crippen LogP contribution in [0.5, 0.6) is 5.75 Å². The third kappa shape index (κ3) is 12.7. The van der Waals surface area contributed by atoms with E-state index in [-0.39, 0.29) is 58.6 Å². The SMILES string of the molecule is C=Cc1cc(C(=O)Nc2ccc(C(=N)NC(=O)OCCOC(=O)[C@@H](N)C(C)C)cc2)c(-c2ccc(C(=O)NCC3CC3)nc2C(=O)OC(C)OC(=O)C(C)C)cc1OC. The molecule has 0 radical (unpaired) electrons. The average molecular weight is 815 g/mol. The number of carbonyl (C=O) groups is 6. The Morgan fingerprint density at radius 1 is 0.898 bits per heavy atom. The Hall–Kier alpha value is -6.62. The summed E-state index contributed by atoms with van der Waals surface area (Å²) in [7, 11) is 1.42. The maximum Gasteiger partial charge on any atom is 0.412 e. The minimum Gasteiger partial charge on any atom is -0.496 e. The first-order valence-electron chi connectivity index (χ1n) is 18.9. The standard InChI is InChI=1S/C42H50N6O11/c1-8-26-19-31(37(49)46-28-13-11-27(12-14-28)36(44)48-42(54)57-18-17-56-40(52)34(43)22(2)3)30(20-33(26)55-7)29-15-16-32(38(50)45-21-25-9-10-25)47-35(29)41(53)59-24(6)58-39(51)23(4)5/h8,11-16,19-20,22-25,34H,1,9-10,17-18,21,43H2,2-7H3,(H,45,50)(H,46,49)(H2,44,48,54)/t24?,34-/m0/s1. The van der Waals surface area contributed by atoms with Gasteiger partial charge in [-0.15, -0.1) is 0 Å². The Kier molecular flexibility index (Phi) is 15.8. The van der Waals surface area contributed by atoms with Crippen LogP contribution in [0, 0.1) is 23.2 Å². The van der Waals surface area contributed by atoms with Crippen LogP contribution in [-0.2, 0) is 28.5 Å². The summed E-state index contributed by atoms with van der Waals surface area (Å²) in [5.74, 6) is -3.61. The number of ether oxygens (including phenoxy) is 5. The molecule has 3 aromatic rings. The van der Waals surface area contributed by atoms with Gasteiger partial charge in [0.15, 0.2) is 5.69 Å². The molecule has 1 aromatic heterocycles. The number of nitrogens with zero attached hydrogens (tertiary/aromatic N) is 1. The summed E-state index contributed by atoms with van der Waals surface area (Å²) in [6, 6.07) is 11.1. The van der Waals surface area contributed by atoms with Gasteiger partial charge in [0.25, 0.3) is 11.8 Å². The predicted octanol–water partition coefficient (Wildman–Crippen LogP) is 5.07. The average Bonchev–Trinajstić information content (AvgIpc) is 4.05. The van der Waals surface area contributed by atoms with Crippen molar-refractivity contribution in [3.8, 4) is 16.9 Å². The molecule has 3 amide bonds. The molecule has 1 unspecified atom stereocenters. The fourth-order valence-corrected chi connectivity index (χ4v) is 5.26. The molecule has 1 heterocycles. The molecule has 314 valence electrons. The number of nitrogens with two attached hydrogens (primary N) is 1. The molecule has 2 atom stereocenters. The maximum atomic E-state index is 14.1. The fourth-order valence-electron chi connectivity index (χ4n) is 5.26. The number of nitrogens with one attached hydrogen (secondary N) is 4. The van der Waals surface area contributed by atoms with Gasteiger partial charge in [-0.1, -0.05) is 40.3 Å². The Bertz CT molecular complexity index is 2080. The number of aromatic nitrogens is 1. The second-order valence-electron chi connectivity index (χ2n) is 14.3. The van der Waals surface area contributed by atoms with Gasteiger partial charge in [-0.3, -0.25) is 29.9 Å². The molecule has 0 spiro atoms. The lowest BCUT2D eigenvalue weighted by atomic mass is 9.94. The molecule has 6 N–H and O–H groups in total. The van der Waals surface area contributed by atoms with Crippen molar-refractivity contribution in [3.05, 3.63) is 83.2 Å². The lowest BCUT2D eigenvalue weighted by Crippen LogP contribution is -2.38. The summed E-state index contributed by atoms with van der Waals surface area (Å²) in [6.07, 6.45) is 1.24. The molecule has 0 aliphatic heterocycles. The number of esters is 3. The van der Waals surface area contributed by atoms with E-state index in [1.54, 1.807) is 27.7 Å². The molecule has 0 saturated heterocycles. The lowest BCUT2D eigenvalue weighted by molar-refractivity contribution is -0.169. The number of benzene rings is 2. The Morgan fingerprint density at radius 2 is 1.58 bits per heavy atom. The normalized spacial score (nSPS) is 13.0. The fraction of sp³-hybridized carbons (Fsp3) is 0.381. The molecule has 1 fully saturated rings. The topological polar surface area (TPSA) is 247 Å². The van der Waals surface area contributed by atoms with Crippen molar-refractivity contribution < 1.29 is 52.5 Å². The van der Waals surface area contributed by atoms with E-state index in [1.165, 1.54) is 68.6 Å². The van der Waals surface area contributed by atoms with Crippen LogP contribution in [0.25, 0.3) is 17.2 Å². The van der Waals surface area contributed by atoms with Crippen molar-refractivity contribution in [2.75, 3.05) is 32.2 Å². The van der Waals surface area contributed by atoms with Crippen LogP contribution >= 0.6 is 0 Å². The highest BCUT2D eigenvalue weighted by Crippen LogP contribution is 2.35. The number of alkyl carbamates (subject to hydrolysis) is 1. The summed E-state index contributed by atoms with van der Waals surface area (Å²) < 4.78 is 26.3. The lowest BCUT2D eigenvalue weighted by Gasteiger charge is -2.19. The van der Waals surface area contributed by atoms with Gasteiger partial charge >= 0.3 is 24.0 Å². The van der Waals surface area contributed by atoms with Crippen molar-refractivity contribution in [1.82, 2.24) is 15.6 Å². The highest BCUT2D eigenvalue weighted by molar-refractivity contribution is 6.11. The number of carbonyl (C=O) groups excluding carboxylic acids is 6. The summed E-state index contributed by atoms with van der Waals surface area (Å²) in [5.41, 5.74) is 6.70. The highest BCUT2D eigenvalue weighted by atomic mass is 16.7. The van der Waals surface area contributed by atoms with Gasteiger partial charge in [-0.2, -0.15) is 0 Å². The molecule has 17 heteroatoms. The summed E-state index contributed by atoms with van der Waals surface area (Å²) in [6.45, 7) is 12.0. The van der Waals surface area contributed by atoms with Crippen LogP contribution in [-0.4, -0.2) is 85.8 Å². The number of hydrogen-bond acceptors (Lipinski definition) is 14. The maximum absolute atomic E-state index is 14.1. The number of rotatable bonds is 18. The van der Waals surface area contributed by atoms with Gasteiger partial charge < -0.3 is 40.1 Å². The molecule has 4 rings (SSSR count). The predicted molar refractivity (Wildman–Crippen MR) is 217 cm³/mol. The monoisotopic (exact) mass is 814 g/mol. The number of methoxy groups -OCH3 is 1. The van der Waals surface area contributed by atoms with Crippen molar-refractivity contribution >= 4 is 53.4 Å². The summed E-state index contributed by atoms with van der Waals surface area (Å²) in [4.78, 5) is 81.6. The summed E-state index contributed by atoms with van der Waals surface area (Å²) >= 11 is 0. The Balaban J connectivity index is 1.57. The smallest absolute Gasteiger partial charge is 0.412 e. The molecule has 0 bridgehead atoms. The second kappa shape index (κ2) is 20.7. The van der Waals surface area contributed by atoms with Crippen molar-refractivity contribution in [1.29, 1.82) is 5.41 Å². The van der Waals surface area contributed by atoms with E-state index in [1.807, 2.05) is 0 Å². The molecular weight excluding hydrogens is 764 g/mol. The quantitative estimate of drug-likeness (QED) is 0.0281. The first-order valence-corrected chi connectivity index (χ1v) is 18.9. The number of pyridine rings is 1. The number of hydrogen-bond donors (Lipinski definition) is 5. The highest BCUT2D eigenvalue weighted by Gasteiger charge is 2.28. The van der Waals surface area contributed by atoms with Crippen molar-refractivity contribution in [2.45, 2.75) is 59.8 Å². The van der Waals surface area contributed by atoms with Crippen molar-refractivity contribution in [2.24, 2.45) is 23.5 Å². The van der Waals surface area contributed by atoms with Crippen LogP contribution in [0.15, 0.2) is 55.1 Å². The molecule has 17 nitrogen and oxygen atoms in total. The molecular formula is C42H50N6O11. The molecule has 59 heavy (non-hydrogen) atoms. The van der Waals surface area contributed by atoms with Crippen LogP contribution in [0.4, 0.5) is 10.5 Å². The zero-order chi connectivity index (χ0) is 43.4. The molecule has 2 aromatic carbocycles. The van der Waals surface area contributed by atoms with E-state index in [0.717, 1.165) is 12.8 Å². The van der Waals surface area contributed by atoms with E-state index in [4.69, 9.17) is 34.8 Å². The largest absolute Gasteiger partial charge is 0.496 e. The summed E-state index contributed by atoms with van der Waals surface area (Å²) in [5, 5.41) is 16.2. The van der Waals surface area contributed by atoms with E-state index in [2.05, 4.69) is 27.5 Å². The van der Waals surface area contributed by atoms with Gasteiger partial charge in [-0.05, 0) is 73.2 Å². The van der Waals surface area contributed by atoms with E-state index < -0.39 is 54.1 Å². The van der Waals surface area contributed by atoms with Crippen LogP contribution < -0.4 is 26.4 Å². The Labute approximate surface area is 341 Å². The minimum absolute atomic E-state index is 0.0554. The molecule has 1 saturated carbocycles. The first-order chi connectivity index (χ1) is 28.0. The minimum atomic E-state index is -1.31. The van der Waals surface area contributed by atoms with Crippen LogP contribution in [0.3, 0.4) is 0 Å². The second-order valence-corrected chi connectivity index (χ2v) is 14.3.